The van der Waals surface area contributed by atoms with Crippen LogP contribution in [0.4, 0.5) is 0 Å². The maximum Gasteiger partial charge on any atom is 0.285 e. The molecule has 0 unspecified atom stereocenters. The average molecular weight is 552 g/mol. The summed E-state index contributed by atoms with van der Waals surface area (Å²) in [7, 11) is 0. The molecule has 1 fully saturated rings. The second-order valence-corrected chi connectivity index (χ2v) is 9.19. The van der Waals surface area contributed by atoms with E-state index >= 15 is 0 Å². The number of rotatable bonds is 7. The van der Waals surface area contributed by atoms with Gasteiger partial charge in [-0.3, -0.25) is 15.0 Å². The number of amides is 2. The van der Waals surface area contributed by atoms with Crippen molar-refractivity contribution in [3.63, 3.8) is 0 Å². The van der Waals surface area contributed by atoms with E-state index in [0.717, 1.165) is 16.8 Å². The number of thioether (sulfide) groups is 1. The standard InChI is InChI=1S/C22H16BrClN2O4S2/c1-3-9-30-19-16(23)10-13(11-17(19)29-4-2)12-18-21(28)26(22(31)32-18)25-20(27)14-5-7-15(24)8-6-14/h1,5-8,10-12H,4,9H2,2H3,(H,25,27)/b18-12-. The number of carbonyl (C=O) groups is 2. The van der Waals surface area contributed by atoms with Crippen LogP contribution in [0.5, 0.6) is 11.5 Å². The number of ether oxygens (including phenoxy) is 2. The fourth-order valence-corrected chi connectivity index (χ4v) is 4.55. The Balaban J connectivity index is 1.82. The van der Waals surface area contributed by atoms with Gasteiger partial charge in [0.05, 0.1) is 16.0 Å². The van der Waals surface area contributed by atoms with Crippen molar-refractivity contribution in [2.24, 2.45) is 0 Å². The van der Waals surface area contributed by atoms with Gasteiger partial charge in [0.1, 0.15) is 6.61 Å². The van der Waals surface area contributed by atoms with Crippen LogP contribution in [-0.2, 0) is 4.79 Å². The summed E-state index contributed by atoms with van der Waals surface area (Å²) < 4.78 is 12.0. The van der Waals surface area contributed by atoms with Gasteiger partial charge in [-0.1, -0.05) is 29.3 Å². The summed E-state index contributed by atoms with van der Waals surface area (Å²) in [6.07, 6.45) is 6.93. The molecule has 1 saturated heterocycles. The zero-order chi connectivity index (χ0) is 23.3. The van der Waals surface area contributed by atoms with Crippen molar-refractivity contribution >= 4 is 73.7 Å². The zero-order valence-corrected chi connectivity index (χ0v) is 20.7. The van der Waals surface area contributed by atoms with E-state index in [1.165, 1.54) is 0 Å². The third kappa shape index (κ3) is 5.64. The molecule has 1 N–H and O–H groups in total. The third-order valence-electron chi connectivity index (χ3n) is 4.04. The first-order valence-electron chi connectivity index (χ1n) is 9.21. The van der Waals surface area contributed by atoms with Crippen molar-refractivity contribution in [1.82, 2.24) is 10.4 Å². The van der Waals surface area contributed by atoms with Crippen LogP contribution in [-0.4, -0.2) is 34.4 Å². The predicted octanol–water partition coefficient (Wildman–Crippen LogP) is 5.06. The topological polar surface area (TPSA) is 67.9 Å². The maximum atomic E-state index is 12.9. The fraction of sp³-hybridized carbons (Fsp3) is 0.136. The first-order chi connectivity index (χ1) is 15.3. The lowest BCUT2D eigenvalue weighted by Crippen LogP contribution is -2.44. The molecular formula is C22H16BrClN2O4S2. The summed E-state index contributed by atoms with van der Waals surface area (Å²) in [6.45, 7) is 2.35. The fourth-order valence-electron chi connectivity index (χ4n) is 2.67. The Morgan fingerprint density at radius 3 is 2.72 bits per heavy atom. The number of hydrazine groups is 1. The number of benzene rings is 2. The van der Waals surface area contributed by atoms with Crippen LogP contribution in [0, 0.1) is 12.3 Å². The molecule has 1 aliphatic heterocycles. The van der Waals surface area contributed by atoms with E-state index in [1.807, 2.05) is 6.92 Å². The smallest absolute Gasteiger partial charge is 0.285 e. The number of terminal acetylenes is 1. The lowest BCUT2D eigenvalue weighted by atomic mass is 10.2. The molecule has 0 aromatic heterocycles. The van der Waals surface area contributed by atoms with E-state index in [0.29, 0.717) is 43.6 Å². The first-order valence-corrected chi connectivity index (χ1v) is 11.6. The summed E-state index contributed by atoms with van der Waals surface area (Å²) >= 11 is 15.7. The van der Waals surface area contributed by atoms with Gasteiger partial charge in [0.15, 0.2) is 15.8 Å². The van der Waals surface area contributed by atoms with E-state index in [-0.39, 0.29) is 10.9 Å². The molecule has 2 aromatic rings. The van der Waals surface area contributed by atoms with E-state index in [9.17, 15) is 9.59 Å². The van der Waals surface area contributed by atoms with Crippen LogP contribution in [0.25, 0.3) is 6.08 Å². The van der Waals surface area contributed by atoms with Crippen molar-refractivity contribution in [2.45, 2.75) is 6.92 Å². The quantitative estimate of drug-likeness (QED) is 0.295. The molecule has 1 heterocycles. The Morgan fingerprint density at radius 1 is 1.34 bits per heavy atom. The zero-order valence-electron chi connectivity index (χ0n) is 16.7. The van der Waals surface area contributed by atoms with E-state index < -0.39 is 11.8 Å². The highest BCUT2D eigenvalue weighted by Gasteiger charge is 2.34. The van der Waals surface area contributed by atoms with Crippen molar-refractivity contribution < 1.29 is 19.1 Å². The van der Waals surface area contributed by atoms with Crippen LogP contribution >= 0.6 is 51.5 Å². The summed E-state index contributed by atoms with van der Waals surface area (Å²) in [5.41, 5.74) is 3.56. The van der Waals surface area contributed by atoms with E-state index in [4.69, 9.17) is 39.7 Å². The SMILES string of the molecule is C#CCOc1c(Br)cc(/C=C2\SC(=S)N(NC(=O)c3ccc(Cl)cc3)C2=O)cc1OCC. The highest BCUT2D eigenvalue weighted by Crippen LogP contribution is 2.39. The summed E-state index contributed by atoms with van der Waals surface area (Å²) in [4.78, 5) is 25.7. The Bertz CT molecular complexity index is 1150. The largest absolute Gasteiger partial charge is 0.490 e. The average Bonchev–Trinajstić information content (AvgIpc) is 3.01. The first kappa shape index (κ1) is 24.1. The van der Waals surface area contributed by atoms with Gasteiger partial charge in [0.2, 0.25) is 0 Å². The van der Waals surface area contributed by atoms with Crippen molar-refractivity contribution in [2.75, 3.05) is 13.2 Å². The molecule has 32 heavy (non-hydrogen) atoms. The van der Waals surface area contributed by atoms with Gasteiger partial charge >= 0.3 is 0 Å². The number of halogens is 2. The highest BCUT2D eigenvalue weighted by molar-refractivity contribution is 9.10. The Kier molecular flexibility index (Phi) is 8.21. The number of thiocarbonyl (C=S) groups is 1. The normalized spacial score (nSPS) is 14.4. The van der Waals surface area contributed by atoms with Gasteiger partial charge < -0.3 is 9.47 Å². The maximum absolute atomic E-state index is 12.9. The van der Waals surface area contributed by atoms with Crippen molar-refractivity contribution in [3.8, 4) is 23.8 Å². The van der Waals surface area contributed by atoms with E-state index in [2.05, 4.69) is 27.3 Å². The van der Waals surface area contributed by atoms with Gasteiger partial charge in [-0.05, 0) is 83.1 Å². The minimum Gasteiger partial charge on any atom is -0.490 e. The van der Waals surface area contributed by atoms with Crippen LogP contribution in [0.1, 0.15) is 22.8 Å². The van der Waals surface area contributed by atoms with Crippen molar-refractivity contribution in [1.29, 1.82) is 0 Å². The summed E-state index contributed by atoms with van der Waals surface area (Å²) in [6, 6.07) is 9.80. The number of carbonyl (C=O) groups excluding carboxylic acids is 2. The molecule has 164 valence electrons. The number of nitrogens with one attached hydrogen (secondary N) is 1. The minimum absolute atomic E-state index is 0.0873. The Labute approximate surface area is 208 Å². The molecular weight excluding hydrogens is 536 g/mol. The molecule has 2 aromatic carbocycles. The lowest BCUT2D eigenvalue weighted by Gasteiger charge is -2.15. The highest BCUT2D eigenvalue weighted by atomic mass is 79.9. The second kappa shape index (κ2) is 10.9. The van der Waals surface area contributed by atoms with E-state index in [1.54, 1.807) is 42.5 Å². The molecule has 1 aliphatic rings. The predicted molar refractivity (Wildman–Crippen MR) is 134 cm³/mol. The van der Waals surface area contributed by atoms with Gasteiger partial charge in [-0.2, -0.15) is 5.01 Å². The van der Waals surface area contributed by atoms with Crippen molar-refractivity contribution in [3.05, 3.63) is 61.9 Å². The molecule has 3 rings (SSSR count). The number of hydrogen-bond donors (Lipinski definition) is 1. The van der Waals surface area contributed by atoms with Crippen LogP contribution in [0.3, 0.4) is 0 Å². The molecule has 0 saturated carbocycles. The molecule has 0 atom stereocenters. The molecule has 0 bridgehead atoms. The number of hydrogen-bond acceptors (Lipinski definition) is 6. The second-order valence-electron chi connectivity index (χ2n) is 6.22. The van der Waals surface area contributed by atoms with Crippen LogP contribution < -0.4 is 14.9 Å². The summed E-state index contributed by atoms with van der Waals surface area (Å²) in [5, 5.41) is 1.55. The lowest BCUT2D eigenvalue weighted by molar-refractivity contribution is -0.123. The molecule has 0 radical (unpaired) electrons. The Hall–Kier alpha value is -2.51. The van der Waals surface area contributed by atoms with Crippen LogP contribution in [0.15, 0.2) is 45.8 Å². The molecule has 2 amide bonds. The molecule has 0 spiro atoms. The van der Waals surface area contributed by atoms with Gasteiger partial charge in [0.25, 0.3) is 11.8 Å². The molecule has 0 aliphatic carbocycles. The van der Waals surface area contributed by atoms with Gasteiger partial charge in [-0.15, -0.1) is 6.42 Å². The Morgan fingerprint density at radius 2 is 2.06 bits per heavy atom. The minimum atomic E-state index is -0.476. The number of nitrogens with zero attached hydrogens (tertiary/aromatic N) is 1. The molecule has 10 heteroatoms. The monoisotopic (exact) mass is 550 g/mol. The molecule has 6 nitrogen and oxygen atoms in total. The van der Waals surface area contributed by atoms with Gasteiger partial charge in [-0.25, -0.2) is 0 Å². The van der Waals surface area contributed by atoms with Crippen LogP contribution in [0.2, 0.25) is 5.02 Å². The van der Waals surface area contributed by atoms with Gasteiger partial charge in [0, 0.05) is 10.6 Å². The summed E-state index contributed by atoms with van der Waals surface area (Å²) in [5.74, 6) is 2.45. The third-order valence-corrected chi connectivity index (χ3v) is 6.19.